The van der Waals surface area contributed by atoms with Crippen molar-refractivity contribution in [2.45, 2.75) is 82.3 Å². The number of aliphatic imine (C=N–C) groups is 3. The normalized spacial score (nSPS) is 12.9. The first-order valence-electron chi connectivity index (χ1n) is 17.5. The zero-order chi connectivity index (χ0) is 40.2. The molecule has 0 saturated carbocycles. The highest BCUT2D eigenvalue weighted by Crippen LogP contribution is 2.14. The van der Waals surface area contributed by atoms with E-state index < -0.39 is 60.2 Å². The molecule has 4 unspecified atom stereocenters. The number of hydrogen-bond donors (Lipinski definition) is 13. The fourth-order valence-corrected chi connectivity index (χ4v) is 4.97. The van der Waals surface area contributed by atoms with E-state index in [4.69, 9.17) is 34.4 Å². The highest BCUT2D eigenvalue weighted by atomic mass is 16.4. The summed E-state index contributed by atoms with van der Waals surface area (Å²) >= 11 is 0. The van der Waals surface area contributed by atoms with Gasteiger partial charge in [0.05, 0.1) is 13.1 Å². The van der Waals surface area contributed by atoms with Crippen LogP contribution >= 0.6 is 0 Å². The van der Waals surface area contributed by atoms with E-state index in [1.54, 1.807) is 14.1 Å². The lowest BCUT2D eigenvalue weighted by Gasteiger charge is -2.25. The molecule has 302 valence electrons. The second kappa shape index (κ2) is 28.3. The second-order valence-electron chi connectivity index (χ2n) is 12.2. The molecular formula is C31H61N15O7. The Kier molecular flexibility index (Phi) is 25.5. The third kappa shape index (κ3) is 24.6. The van der Waals surface area contributed by atoms with Gasteiger partial charge in [-0.15, -0.1) is 0 Å². The quantitative estimate of drug-likeness (QED) is 0.0185. The monoisotopic (exact) mass is 755 g/mol. The number of nitrogens with zero attached hydrogens (tertiary/aromatic N) is 3. The minimum atomic E-state index is -1.22. The van der Waals surface area contributed by atoms with Crippen molar-refractivity contribution >= 4 is 53.3 Å². The fraction of sp³-hybridized carbons (Fsp3) is 0.710. The van der Waals surface area contributed by atoms with Crippen molar-refractivity contribution in [3.05, 3.63) is 0 Å². The van der Waals surface area contributed by atoms with Crippen molar-refractivity contribution in [3.63, 3.8) is 0 Å². The molecule has 0 aromatic heterocycles. The molecule has 53 heavy (non-hydrogen) atoms. The van der Waals surface area contributed by atoms with Gasteiger partial charge in [0.2, 0.25) is 23.6 Å². The molecule has 22 heteroatoms. The summed E-state index contributed by atoms with van der Waals surface area (Å²) in [6.45, 7) is 0.622. The van der Waals surface area contributed by atoms with Crippen LogP contribution in [0.1, 0.15) is 64.2 Å². The number of carboxylic acids is 1. The van der Waals surface area contributed by atoms with Crippen LogP contribution in [0.2, 0.25) is 0 Å². The molecule has 0 aliphatic rings. The highest BCUT2D eigenvalue weighted by Gasteiger charge is 2.30. The molecule has 0 rings (SSSR count). The van der Waals surface area contributed by atoms with Crippen LogP contribution in [-0.4, -0.2) is 130 Å². The zero-order valence-electron chi connectivity index (χ0n) is 30.8. The van der Waals surface area contributed by atoms with Crippen LogP contribution < -0.4 is 66.3 Å². The van der Waals surface area contributed by atoms with Gasteiger partial charge in [-0.1, -0.05) is 0 Å². The number of unbranched alkanes of at least 4 members (excludes halogenated alkanes) is 1. The third-order valence-corrected chi connectivity index (χ3v) is 7.61. The van der Waals surface area contributed by atoms with Gasteiger partial charge in [0.1, 0.15) is 23.9 Å². The number of carboxylic acid groups (broad SMARTS) is 1. The standard InChI is InChI=1S/C31H61N15O7/c1-38-12-4-3-9-23(28(52)53)44-24(48)18-43-26(50)21(10-6-14-41-30(34)35)46-27(51)22(11-7-15-42-31(36)37)45-25(49)19(16-20(47)17-39-2)8-5-13-40-29(32)33/h19,21-23,38-39H,3-18H2,1-2H3,(H,43,50)(H,44,48)(H,45,49)(H,46,51)(H,52,53)(H4,32,33,40)(H4,34,35,41)(H4,36,37,42). The van der Waals surface area contributed by atoms with Gasteiger partial charge >= 0.3 is 5.97 Å². The molecule has 22 nitrogen and oxygen atoms in total. The Morgan fingerprint density at radius 2 is 1.06 bits per heavy atom. The van der Waals surface area contributed by atoms with E-state index in [1.807, 2.05) is 0 Å². The molecule has 0 aromatic carbocycles. The Morgan fingerprint density at radius 1 is 0.566 bits per heavy atom. The summed E-state index contributed by atoms with van der Waals surface area (Å²) in [5.74, 6) is -5.52. The Bertz CT molecular complexity index is 1250. The molecule has 0 fully saturated rings. The molecule has 0 spiro atoms. The molecule has 4 atom stereocenters. The molecule has 4 amide bonds. The largest absolute Gasteiger partial charge is 0.480 e. The van der Waals surface area contributed by atoms with Crippen LogP contribution in [0.25, 0.3) is 0 Å². The summed E-state index contributed by atoms with van der Waals surface area (Å²) in [6, 6.07) is -3.56. The average molecular weight is 756 g/mol. The maximum Gasteiger partial charge on any atom is 0.326 e. The van der Waals surface area contributed by atoms with E-state index in [0.29, 0.717) is 25.8 Å². The predicted octanol–water partition coefficient (Wildman–Crippen LogP) is -5.01. The van der Waals surface area contributed by atoms with Crippen LogP contribution in [-0.2, 0) is 28.8 Å². The number of amides is 4. The smallest absolute Gasteiger partial charge is 0.326 e. The van der Waals surface area contributed by atoms with Gasteiger partial charge in [-0.3, -0.25) is 38.9 Å². The summed E-state index contributed by atoms with van der Waals surface area (Å²) in [7, 11) is 3.37. The summed E-state index contributed by atoms with van der Waals surface area (Å²) in [5.41, 5.74) is 32.4. The molecule has 0 radical (unpaired) electrons. The van der Waals surface area contributed by atoms with Crippen molar-refractivity contribution in [3.8, 4) is 0 Å². The van der Waals surface area contributed by atoms with E-state index in [2.05, 4.69) is 46.9 Å². The molecule has 0 heterocycles. The van der Waals surface area contributed by atoms with Crippen molar-refractivity contribution in [2.75, 3.05) is 53.4 Å². The average Bonchev–Trinajstić information content (AvgIpc) is 3.08. The number of nitrogens with one attached hydrogen (secondary N) is 6. The van der Waals surface area contributed by atoms with Crippen molar-refractivity contribution in [1.29, 1.82) is 0 Å². The maximum atomic E-state index is 13.7. The number of hydrogen-bond acceptors (Lipinski definition) is 11. The first-order chi connectivity index (χ1) is 25.1. The molecule has 0 bridgehead atoms. The van der Waals surface area contributed by atoms with E-state index >= 15 is 0 Å². The van der Waals surface area contributed by atoms with Crippen molar-refractivity contribution in [2.24, 2.45) is 55.3 Å². The lowest BCUT2D eigenvalue weighted by molar-refractivity contribution is -0.142. The highest BCUT2D eigenvalue weighted by molar-refractivity contribution is 5.95. The SMILES string of the molecule is CNCCCCC(NC(=O)CNC(=O)C(CCCN=C(N)N)NC(=O)C(CCCN=C(N)N)NC(=O)C(CCCN=C(N)N)CC(=O)CNC)C(=O)O. The van der Waals surface area contributed by atoms with Crippen molar-refractivity contribution < 1.29 is 33.9 Å². The number of likely N-dealkylation sites (N-methyl/N-ethyl adjacent to an activating group) is 1. The molecule has 0 saturated heterocycles. The van der Waals surface area contributed by atoms with Gasteiger partial charge in [-0.25, -0.2) is 4.79 Å². The summed E-state index contributed by atoms with van der Waals surface area (Å²) < 4.78 is 0. The van der Waals surface area contributed by atoms with E-state index in [0.717, 1.165) is 0 Å². The number of carbonyl (C=O) groups excluding carboxylic acids is 5. The molecule has 0 aliphatic carbocycles. The van der Waals surface area contributed by atoms with Crippen LogP contribution in [0.4, 0.5) is 0 Å². The van der Waals surface area contributed by atoms with Gasteiger partial charge in [-0.2, -0.15) is 0 Å². The zero-order valence-corrected chi connectivity index (χ0v) is 30.8. The van der Waals surface area contributed by atoms with Crippen LogP contribution in [0.15, 0.2) is 15.0 Å². The first-order valence-corrected chi connectivity index (χ1v) is 17.5. The van der Waals surface area contributed by atoms with E-state index in [1.165, 1.54) is 0 Å². The summed E-state index contributed by atoms with van der Waals surface area (Å²) in [6.07, 6.45) is 2.51. The van der Waals surface area contributed by atoms with Gasteiger partial charge in [0, 0.05) is 32.0 Å². The molecule has 19 N–H and O–H groups in total. The lowest BCUT2D eigenvalue weighted by Crippen LogP contribution is -2.55. The number of Topliss-reactive ketones (excluding diaryl/α,β-unsaturated/α-hetero) is 1. The number of carbonyl (C=O) groups is 6. The van der Waals surface area contributed by atoms with E-state index in [-0.39, 0.29) is 94.8 Å². The Morgan fingerprint density at radius 3 is 1.55 bits per heavy atom. The number of rotatable bonds is 30. The first kappa shape index (κ1) is 47.8. The van der Waals surface area contributed by atoms with Crippen molar-refractivity contribution in [1.82, 2.24) is 31.9 Å². The fourth-order valence-electron chi connectivity index (χ4n) is 4.97. The van der Waals surface area contributed by atoms with Crippen LogP contribution in [0.5, 0.6) is 0 Å². The number of nitrogens with two attached hydrogens (primary N) is 6. The summed E-state index contributed by atoms with van der Waals surface area (Å²) in [5, 5.41) is 25.4. The topological polar surface area (TPSA) is 388 Å². The predicted molar refractivity (Wildman–Crippen MR) is 201 cm³/mol. The van der Waals surface area contributed by atoms with Crippen LogP contribution in [0, 0.1) is 5.92 Å². The Balaban J connectivity index is 6.02. The van der Waals surface area contributed by atoms with Gasteiger partial charge in [0.15, 0.2) is 17.9 Å². The Labute approximate surface area is 309 Å². The maximum absolute atomic E-state index is 13.7. The minimum Gasteiger partial charge on any atom is -0.480 e. The van der Waals surface area contributed by atoms with Crippen LogP contribution in [0.3, 0.4) is 0 Å². The second-order valence-corrected chi connectivity index (χ2v) is 12.2. The van der Waals surface area contributed by atoms with Gasteiger partial charge < -0.3 is 71.4 Å². The molecule has 0 aliphatic heterocycles. The number of guanidine groups is 3. The lowest BCUT2D eigenvalue weighted by atomic mass is 9.95. The van der Waals surface area contributed by atoms with E-state index in [9.17, 15) is 33.9 Å². The minimum absolute atomic E-state index is 0.0276. The molecular weight excluding hydrogens is 694 g/mol. The van der Waals surface area contributed by atoms with Gasteiger partial charge in [0.25, 0.3) is 0 Å². The third-order valence-electron chi connectivity index (χ3n) is 7.61. The summed E-state index contributed by atoms with van der Waals surface area (Å²) in [4.78, 5) is 89.1. The number of ketones is 1. The Hall–Kier alpha value is -5.25. The number of aliphatic carboxylic acids is 1. The molecule has 0 aromatic rings. The van der Waals surface area contributed by atoms with Gasteiger partial charge in [-0.05, 0) is 78.4 Å².